The topological polar surface area (TPSA) is 83.1 Å². The van der Waals surface area contributed by atoms with E-state index in [1.807, 2.05) is 30.5 Å². The molecule has 2 aromatic heterocycles. The fourth-order valence-electron chi connectivity index (χ4n) is 3.10. The summed E-state index contributed by atoms with van der Waals surface area (Å²) in [6.07, 6.45) is 2.70. The van der Waals surface area contributed by atoms with E-state index >= 15 is 0 Å². The number of aromatic amines is 1. The molecule has 1 atom stereocenters. The zero-order valence-corrected chi connectivity index (χ0v) is 14.4. The molecule has 0 fully saturated rings. The number of carbonyl (C=O) groups excluding carboxylic acids is 1. The van der Waals surface area contributed by atoms with Crippen LogP contribution < -0.4 is 15.1 Å². The summed E-state index contributed by atoms with van der Waals surface area (Å²) in [5.41, 5.74) is 1.45. The Bertz CT molecular complexity index is 1010. The van der Waals surface area contributed by atoms with Gasteiger partial charge in [0.25, 0.3) is 0 Å². The van der Waals surface area contributed by atoms with E-state index in [1.54, 1.807) is 21.7 Å². The number of hydrogen-bond donors (Lipinski definition) is 1. The summed E-state index contributed by atoms with van der Waals surface area (Å²) in [6, 6.07) is 10.8. The smallest absolute Gasteiger partial charge is 0.325 e. The first-order valence-corrected chi connectivity index (χ1v) is 8.87. The molecule has 126 valence electrons. The van der Waals surface area contributed by atoms with Gasteiger partial charge in [-0.2, -0.15) is 0 Å². The molecule has 0 saturated carbocycles. The third kappa shape index (κ3) is 2.37. The summed E-state index contributed by atoms with van der Waals surface area (Å²) in [7, 11) is 0. The molecule has 1 amide bonds. The van der Waals surface area contributed by atoms with Gasteiger partial charge in [0.1, 0.15) is 0 Å². The average Bonchev–Trinajstić information content (AvgIpc) is 3.13. The van der Waals surface area contributed by atoms with Crippen molar-refractivity contribution >= 4 is 23.4 Å². The minimum atomic E-state index is -0.661. The molecule has 1 unspecified atom stereocenters. The van der Waals surface area contributed by atoms with E-state index in [2.05, 4.69) is 10.1 Å². The van der Waals surface area contributed by atoms with Gasteiger partial charge < -0.3 is 4.42 Å². The predicted molar refractivity (Wildman–Crippen MR) is 92.3 cm³/mol. The Kier molecular flexibility index (Phi) is 3.69. The van der Waals surface area contributed by atoms with Gasteiger partial charge in [0.2, 0.25) is 11.1 Å². The van der Waals surface area contributed by atoms with Crippen molar-refractivity contribution in [1.29, 1.82) is 0 Å². The molecule has 1 aliphatic rings. The lowest BCUT2D eigenvalue weighted by Gasteiger charge is -2.29. The number of amides is 1. The summed E-state index contributed by atoms with van der Waals surface area (Å²) in [6.45, 7) is 1.49. The second-order valence-corrected chi connectivity index (χ2v) is 6.35. The highest BCUT2D eigenvalue weighted by atomic mass is 32.2. The van der Waals surface area contributed by atoms with Crippen LogP contribution in [0.25, 0.3) is 11.3 Å². The predicted octanol–water partition coefficient (Wildman–Crippen LogP) is 1.95. The number of H-pyrrole nitrogens is 1. The number of nitrogens with one attached hydrogen (secondary N) is 1. The third-order valence-electron chi connectivity index (χ3n) is 4.09. The van der Waals surface area contributed by atoms with E-state index in [0.29, 0.717) is 27.9 Å². The van der Waals surface area contributed by atoms with Crippen molar-refractivity contribution in [3.8, 4) is 11.3 Å². The molecule has 0 aliphatic carbocycles. The van der Waals surface area contributed by atoms with Crippen molar-refractivity contribution in [3.05, 3.63) is 58.8 Å². The fraction of sp³-hybridized carbons (Fsp3) is 0.176. The van der Waals surface area contributed by atoms with Gasteiger partial charge in [-0.3, -0.25) is 14.6 Å². The Hall–Kier alpha value is -2.87. The maximum atomic E-state index is 12.7. The zero-order valence-electron chi connectivity index (χ0n) is 13.6. The molecule has 0 spiro atoms. The third-order valence-corrected chi connectivity index (χ3v) is 4.66. The van der Waals surface area contributed by atoms with Crippen LogP contribution >= 0.6 is 11.8 Å². The largest absolute Gasteiger partial charge is 0.460 e. The Labute approximate surface area is 147 Å². The Morgan fingerprint density at radius 3 is 2.80 bits per heavy atom. The van der Waals surface area contributed by atoms with E-state index in [0.717, 1.165) is 0 Å². The molecular formula is C17H15N4O3S+. The van der Waals surface area contributed by atoms with E-state index in [-0.39, 0.29) is 11.5 Å². The van der Waals surface area contributed by atoms with E-state index in [9.17, 15) is 9.59 Å². The van der Waals surface area contributed by atoms with Crippen LogP contribution in [-0.4, -0.2) is 22.2 Å². The van der Waals surface area contributed by atoms with Crippen LogP contribution in [0.2, 0.25) is 0 Å². The van der Waals surface area contributed by atoms with Gasteiger partial charge in [-0.25, -0.2) is 4.90 Å². The molecule has 0 saturated heterocycles. The molecule has 7 nitrogen and oxygen atoms in total. The van der Waals surface area contributed by atoms with Gasteiger partial charge in [0.15, 0.2) is 5.76 Å². The SMILES string of the molecule is CSc1n[n+]2c(c(=O)[nH]1)-c1ccccc1N(C(C)=O)C2c1ccco1. The zero-order chi connectivity index (χ0) is 17.6. The van der Waals surface area contributed by atoms with Crippen LogP contribution in [0.15, 0.2) is 57.0 Å². The number of benzene rings is 1. The maximum absolute atomic E-state index is 12.7. The Morgan fingerprint density at radius 1 is 1.32 bits per heavy atom. The first kappa shape index (κ1) is 15.6. The molecule has 1 aromatic carbocycles. The number of nitrogens with zero attached hydrogens (tertiary/aromatic N) is 3. The van der Waals surface area contributed by atoms with Crippen LogP contribution in [0.3, 0.4) is 0 Å². The second-order valence-electron chi connectivity index (χ2n) is 5.55. The van der Waals surface area contributed by atoms with E-state index in [1.165, 1.54) is 24.9 Å². The maximum Gasteiger partial charge on any atom is 0.325 e. The lowest BCUT2D eigenvalue weighted by molar-refractivity contribution is -0.764. The van der Waals surface area contributed by atoms with Crippen molar-refractivity contribution in [1.82, 2.24) is 10.1 Å². The molecule has 25 heavy (non-hydrogen) atoms. The van der Waals surface area contributed by atoms with Crippen molar-refractivity contribution < 1.29 is 13.9 Å². The number of fused-ring (bicyclic) bond motifs is 3. The number of thioether (sulfide) groups is 1. The molecule has 1 N–H and O–H groups in total. The van der Waals surface area contributed by atoms with E-state index < -0.39 is 6.17 Å². The lowest BCUT2D eigenvalue weighted by Crippen LogP contribution is -2.60. The molecule has 3 aromatic rings. The number of anilines is 1. The second kappa shape index (κ2) is 5.89. The molecule has 8 heteroatoms. The Balaban J connectivity index is 2.11. The van der Waals surface area contributed by atoms with Gasteiger partial charge in [-0.1, -0.05) is 23.9 Å². The van der Waals surface area contributed by atoms with Crippen molar-refractivity contribution in [3.63, 3.8) is 0 Å². The van der Waals surface area contributed by atoms with Gasteiger partial charge in [-0.05, 0) is 35.2 Å². The quantitative estimate of drug-likeness (QED) is 0.561. The number of hydrogen-bond acceptors (Lipinski definition) is 5. The summed E-state index contributed by atoms with van der Waals surface area (Å²) >= 11 is 1.32. The number of furan rings is 1. The number of para-hydroxylation sites is 1. The Morgan fingerprint density at radius 2 is 2.12 bits per heavy atom. The minimum Gasteiger partial charge on any atom is -0.460 e. The molecule has 3 heterocycles. The lowest BCUT2D eigenvalue weighted by atomic mass is 10.0. The van der Waals surface area contributed by atoms with Gasteiger partial charge in [0.05, 0.1) is 17.5 Å². The van der Waals surface area contributed by atoms with Gasteiger partial charge in [0, 0.05) is 12.0 Å². The number of carbonyl (C=O) groups is 1. The average molecular weight is 355 g/mol. The van der Waals surface area contributed by atoms with E-state index in [4.69, 9.17) is 4.42 Å². The minimum absolute atomic E-state index is 0.167. The summed E-state index contributed by atoms with van der Waals surface area (Å²) in [4.78, 5) is 29.6. The molecule has 0 radical (unpaired) electrons. The molecular weight excluding hydrogens is 340 g/mol. The monoisotopic (exact) mass is 355 g/mol. The first-order valence-electron chi connectivity index (χ1n) is 7.64. The van der Waals surface area contributed by atoms with Gasteiger partial charge >= 0.3 is 17.4 Å². The standard InChI is InChI=1S/C17H14N4O3S/c1-10(22)20-12-7-4-3-6-11(12)14-15(23)18-17(25-2)19-21(14)16(20)13-8-5-9-24-13/h3-9,16H,1-2H3/p+1. The van der Waals surface area contributed by atoms with Crippen LogP contribution in [0.1, 0.15) is 18.8 Å². The summed E-state index contributed by atoms with van der Waals surface area (Å²) in [5.74, 6) is 0.362. The highest BCUT2D eigenvalue weighted by Gasteiger charge is 2.46. The fourth-order valence-corrected chi connectivity index (χ4v) is 3.46. The van der Waals surface area contributed by atoms with Gasteiger partial charge in [-0.15, -0.1) is 0 Å². The summed E-state index contributed by atoms with van der Waals surface area (Å²) in [5, 5.41) is 5.00. The number of rotatable bonds is 2. The highest BCUT2D eigenvalue weighted by Crippen LogP contribution is 2.37. The normalized spacial score (nSPS) is 15.6. The van der Waals surface area contributed by atoms with Crippen LogP contribution in [0.4, 0.5) is 5.69 Å². The van der Waals surface area contributed by atoms with Crippen molar-refractivity contribution in [2.24, 2.45) is 0 Å². The first-order chi connectivity index (χ1) is 12.1. The number of aromatic nitrogens is 3. The summed E-state index contributed by atoms with van der Waals surface area (Å²) < 4.78 is 7.13. The highest BCUT2D eigenvalue weighted by molar-refractivity contribution is 7.98. The van der Waals surface area contributed by atoms with Crippen molar-refractivity contribution in [2.75, 3.05) is 11.2 Å². The van der Waals surface area contributed by atoms with Crippen LogP contribution in [0, 0.1) is 0 Å². The molecule has 4 rings (SSSR count). The van der Waals surface area contributed by atoms with Crippen molar-refractivity contribution in [2.45, 2.75) is 18.2 Å². The molecule has 1 aliphatic heterocycles. The molecule has 0 bridgehead atoms. The van der Waals surface area contributed by atoms with Crippen LogP contribution in [0.5, 0.6) is 0 Å². The van der Waals surface area contributed by atoms with Crippen LogP contribution in [-0.2, 0) is 4.79 Å².